The lowest BCUT2D eigenvalue weighted by Gasteiger charge is -2.14. The van der Waals surface area contributed by atoms with Gasteiger partial charge in [0.2, 0.25) is 0 Å². The number of rotatable bonds is 5. The molecule has 22 heavy (non-hydrogen) atoms. The monoisotopic (exact) mass is 300 g/mol. The van der Waals surface area contributed by atoms with E-state index in [-0.39, 0.29) is 12.6 Å². The van der Waals surface area contributed by atoms with Gasteiger partial charge in [-0.2, -0.15) is 0 Å². The van der Waals surface area contributed by atoms with Crippen LogP contribution in [0.15, 0.2) is 36.4 Å². The highest BCUT2D eigenvalue weighted by atomic mass is 16.5. The van der Waals surface area contributed by atoms with Gasteiger partial charge in [0.05, 0.1) is 19.8 Å². The van der Waals surface area contributed by atoms with Crippen LogP contribution < -0.4 is 4.74 Å². The Hall–Kier alpha value is -2.33. The summed E-state index contributed by atoms with van der Waals surface area (Å²) in [6.45, 7) is 2.03. The summed E-state index contributed by atoms with van der Waals surface area (Å²) in [4.78, 5) is 11.8. The van der Waals surface area contributed by atoms with Crippen LogP contribution in [0.25, 0.3) is 11.1 Å². The van der Waals surface area contributed by atoms with Gasteiger partial charge < -0.3 is 14.6 Å². The number of hydrogen-bond acceptors (Lipinski definition) is 4. The number of methoxy groups -OCH3 is 2. The van der Waals surface area contributed by atoms with Gasteiger partial charge in [0.1, 0.15) is 5.75 Å². The molecule has 2 aromatic rings. The van der Waals surface area contributed by atoms with Crippen molar-refractivity contribution < 1.29 is 19.4 Å². The molecule has 0 unspecified atom stereocenters. The van der Waals surface area contributed by atoms with Crippen LogP contribution in [-0.4, -0.2) is 31.9 Å². The zero-order valence-electron chi connectivity index (χ0n) is 13.1. The lowest BCUT2D eigenvalue weighted by atomic mass is 9.94. The summed E-state index contributed by atoms with van der Waals surface area (Å²) in [6, 6.07) is 11.2. The molecular formula is C18H20O4. The van der Waals surface area contributed by atoms with Crippen molar-refractivity contribution in [3.05, 3.63) is 53.1 Å². The molecule has 0 atom stereocenters. The van der Waals surface area contributed by atoms with Crippen molar-refractivity contribution in [3.63, 3.8) is 0 Å². The van der Waals surface area contributed by atoms with Gasteiger partial charge in [0.25, 0.3) is 0 Å². The molecule has 4 heteroatoms. The smallest absolute Gasteiger partial charge is 0.337 e. The van der Waals surface area contributed by atoms with Crippen molar-refractivity contribution in [3.8, 4) is 16.9 Å². The Morgan fingerprint density at radius 1 is 1.09 bits per heavy atom. The topological polar surface area (TPSA) is 55.8 Å². The van der Waals surface area contributed by atoms with Gasteiger partial charge >= 0.3 is 5.97 Å². The summed E-state index contributed by atoms with van der Waals surface area (Å²) in [5.41, 5.74) is 4.28. The average molecular weight is 300 g/mol. The van der Waals surface area contributed by atoms with Crippen molar-refractivity contribution in [1.82, 2.24) is 0 Å². The number of esters is 1. The van der Waals surface area contributed by atoms with Gasteiger partial charge in [-0.1, -0.05) is 18.2 Å². The molecule has 0 radical (unpaired) electrons. The normalized spacial score (nSPS) is 10.4. The van der Waals surface area contributed by atoms with Crippen LogP contribution in [0.3, 0.4) is 0 Å². The van der Waals surface area contributed by atoms with E-state index >= 15 is 0 Å². The maximum absolute atomic E-state index is 11.8. The van der Waals surface area contributed by atoms with Gasteiger partial charge in [-0.3, -0.25) is 0 Å². The number of carbonyl (C=O) groups excluding carboxylic acids is 1. The van der Waals surface area contributed by atoms with Gasteiger partial charge in [0, 0.05) is 12.2 Å². The molecule has 0 spiro atoms. The van der Waals surface area contributed by atoms with Gasteiger partial charge in [-0.15, -0.1) is 0 Å². The van der Waals surface area contributed by atoms with E-state index in [1.807, 2.05) is 31.2 Å². The van der Waals surface area contributed by atoms with E-state index in [0.29, 0.717) is 12.0 Å². The average Bonchev–Trinajstić information content (AvgIpc) is 2.54. The molecule has 116 valence electrons. The molecule has 2 rings (SSSR count). The highest BCUT2D eigenvalue weighted by Crippen LogP contribution is 2.34. The van der Waals surface area contributed by atoms with Crippen molar-refractivity contribution in [2.45, 2.75) is 13.3 Å². The van der Waals surface area contributed by atoms with Crippen LogP contribution in [0.1, 0.15) is 21.5 Å². The van der Waals surface area contributed by atoms with E-state index in [0.717, 1.165) is 28.0 Å². The maximum Gasteiger partial charge on any atom is 0.337 e. The van der Waals surface area contributed by atoms with Crippen LogP contribution in [0.2, 0.25) is 0 Å². The quantitative estimate of drug-likeness (QED) is 0.863. The molecule has 0 bridgehead atoms. The Labute approximate surface area is 130 Å². The number of aryl methyl sites for hydroxylation is 1. The summed E-state index contributed by atoms with van der Waals surface area (Å²) >= 11 is 0. The summed E-state index contributed by atoms with van der Waals surface area (Å²) in [6.07, 6.45) is 0.508. The van der Waals surface area contributed by atoms with Crippen molar-refractivity contribution in [2.75, 3.05) is 20.8 Å². The van der Waals surface area contributed by atoms with Crippen LogP contribution in [0.5, 0.6) is 5.75 Å². The summed E-state index contributed by atoms with van der Waals surface area (Å²) in [5, 5.41) is 9.26. The van der Waals surface area contributed by atoms with Crippen molar-refractivity contribution in [1.29, 1.82) is 0 Å². The molecule has 4 nitrogen and oxygen atoms in total. The molecule has 0 saturated heterocycles. The zero-order chi connectivity index (χ0) is 16.1. The third-order valence-corrected chi connectivity index (χ3v) is 3.56. The molecule has 0 amide bonds. The summed E-state index contributed by atoms with van der Waals surface area (Å²) in [7, 11) is 2.98. The molecule has 0 aliphatic heterocycles. The maximum atomic E-state index is 11.8. The number of benzene rings is 2. The lowest BCUT2D eigenvalue weighted by molar-refractivity contribution is 0.0601. The molecule has 2 aromatic carbocycles. The second-order valence-electron chi connectivity index (χ2n) is 5.04. The van der Waals surface area contributed by atoms with E-state index in [4.69, 9.17) is 9.47 Å². The third kappa shape index (κ3) is 3.28. The Morgan fingerprint density at radius 2 is 1.86 bits per heavy atom. The second-order valence-corrected chi connectivity index (χ2v) is 5.04. The first-order valence-corrected chi connectivity index (χ1v) is 7.07. The Bertz CT molecular complexity index is 677. The fourth-order valence-electron chi connectivity index (χ4n) is 2.43. The standard InChI is InChI=1S/C18H20O4/c1-12-4-7-15(17(10-12)21-2)16-11-14(18(20)22-3)6-5-13(16)8-9-19/h4-7,10-11,19H,8-9H2,1-3H3. The highest BCUT2D eigenvalue weighted by molar-refractivity contribution is 5.92. The minimum atomic E-state index is -0.386. The fraction of sp³-hybridized carbons (Fsp3) is 0.278. The number of hydrogen-bond donors (Lipinski definition) is 1. The van der Waals surface area contributed by atoms with Crippen molar-refractivity contribution >= 4 is 5.97 Å². The predicted molar refractivity (Wildman–Crippen MR) is 85.3 cm³/mol. The molecule has 0 aromatic heterocycles. The lowest BCUT2D eigenvalue weighted by Crippen LogP contribution is -2.04. The van der Waals surface area contributed by atoms with Crippen molar-refractivity contribution in [2.24, 2.45) is 0 Å². The third-order valence-electron chi connectivity index (χ3n) is 3.56. The van der Waals surface area contributed by atoms with Crippen LogP contribution in [-0.2, 0) is 11.2 Å². The molecular weight excluding hydrogens is 280 g/mol. The number of ether oxygens (including phenoxy) is 2. The summed E-state index contributed by atoms with van der Waals surface area (Å²) < 4.78 is 10.2. The first kappa shape index (κ1) is 16.0. The highest BCUT2D eigenvalue weighted by Gasteiger charge is 2.14. The second kappa shape index (κ2) is 7.09. The van der Waals surface area contributed by atoms with Gasteiger partial charge in [-0.05, 0) is 48.2 Å². The van der Waals surface area contributed by atoms with E-state index in [9.17, 15) is 9.90 Å². The summed E-state index contributed by atoms with van der Waals surface area (Å²) in [5.74, 6) is 0.351. The fourth-order valence-corrected chi connectivity index (χ4v) is 2.43. The van der Waals surface area contributed by atoms with Crippen LogP contribution in [0.4, 0.5) is 0 Å². The van der Waals surface area contributed by atoms with E-state index in [2.05, 4.69) is 0 Å². The van der Waals surface area contributed by atoms with E-state index in [1.165, 1.54) is 7.11 Å². The molecule has 0 fully saturated rings. The number of aliphatic hydroxyl groups is 1. The zero-order valence-corrected chi connectivity index (χ0v) is 13.1. The largest absolute Gasteiger partial charge is 0.496 e. The first-order chi connectivity index (χ1) is 10.6. The molecule has 1 N–H and O–H groups in total. The molecule has 0 saturated carbocycles. The Kier molecular flexibility index (Phi) is 5.17. The first-order valence-electron chi connectivity index (χ1n) is 7.07. The van der Waals surface area contributed by atoms with Crippen LogP contribution in [0, 0.1) is 6.92 Å². The Morgan fingerprint density at radius 3 is 2.50 bits per heavy atom. The minimum Gasteiger partial charge on any atom is -0.496 e. The van der Waals surface area contributed by atoms with Gasteiger partial charge in [0.15, 0.2) is 0 Å². The SMILES string of the molecule is COC(=O)c1ccc(CCO)c(-c2ccc(C)cc2OC)c1. The molecule has 0 heterocycles. The number of carbonyl (C=O) groups is 1. The number of aliphatic hydroxyl groups excluding tert-OH is 1. The van der Waals surface area contributed by atoms with Crippen LogP contribution >= 0.6 is 0 Å². The minimum absolute atomic E-state index is 0.0404. The molecule has 0 aliphatic carbocycles. The Balaban J connectivity index is 2.62. The predicted octanol–water partition coefficient (Wildman–Crippen LogP) is 2.99. The molecule has 0 aliphatic rings. The van der Waals surface area contributed by atoms with E-state index < -0.39 is 0 Å². The van der Waals surface area contributed by atoms with E-state index in [1.54, 1.807) is 19.2 Å². The van der Waals surface area contributed by atoms with Gasteiger partial charge in [-0.25, -0.2) is 4.79 Å².